The molecule has 0 spiro atoms. The molecule has 0 aliphatic heterocycles. The molecule has 0 saturated carbocycles. The fraction of sp³-hybridized carbons (Fsp3) is 0.333. The lowest BCUT2D eigenvalue weighted by Crippen LogP contribution is -2.07. The van der Waals surface area contributed by atoms with Crippen LogP contribution in [0.1, 0.15) is 5.89 Å². The maximum Gasteiger partial charge on any atom is 0.240 e. The van der Waals surface area contributed by atoms with E-state index < -0.39 is 0 Å². The second-order valence-corrected chi connectivity index (χ2v) is 3.98. The first-order valence-electron chi connectivity index (χ1n) is 5.45. The summed E-state index contributed by atoms with van der Waals surface area (Å²) in [5, 5.41) is 6.91. The summed E-state index contributed by atoms with van der Waals surface area (Å²) in [7, 11) is 5.86. The number of hydrogen-bond acceptors (Lipinski definition) is 5. The highest BCUT2D eigenvalue weighted by molar-refractivity contribution is 5.59. The van der Waals surface area contributed by atoms with Crippen LogP contribution in [-0.2, 0) is 6.54 Å². The lowest BCUT2D eigenvalue weighted by Gasteiger charge is -2.11. The molecule has 0 fully saturated rings. The highest BCUT2D eigenvalue weighted by atomic mass is 16.5. The highest BCUT2D eigenvalue weighted by Crippen LogP contribution is 2.19. The summed E-state index contributed by atoms with van der Waals surface area (Å²) in [5.41, 5.74) is 2.11. The Kier molecular flexibility index (Phi) is 3.39. The first kappa shape index (κ1) is 11.6. The third-order valence-corrected chi connectivity index (χ3v) is 2.44. The van der Waals surface area contributed by atoms with Crippen molar-refractivity contribution >= 4 is 5.69 Å². The minimum Gasteiger partial charge on any atom is -0.378 e. The van der Waals surface area contributed by atoms with E-state index in [9.17, 15) is 0 Å². The number of anilines is 1. The Morgan fingerprint density at radius 3 is 2.53 bits per heavy atom. The van der Waals surface area contributed by atoms with Crippen LogP contribution < -0.4 is 10.2 Å². The summed E-state index contributed by atoms with van der Waals surface area (Å²) in [5.74, 6) is 1.22. The Morgan fingerprint density at radius 2 is 1.94 bits per heavy atom. The average Bonchev–Trinajstić information content (AvgIpc) is 2.78. The van der Waals surface area contributed by atoms with E-state index in [0.29, 0.717) is 18.3 Å². The monoisotopic (exact) mass is 232 g/mol. The van der Waals surface area contributed by atoms with Gasteiger partial charge in [0, 0.05) is 25.3 Å². The molecule has 0 saturated heterocycles. The fourth-order valence-electron chi connectivity index (χ4n) is 1.50. The van der Waals surface area contributed by atoms with Gasteiger partial charge in [-0.1, -0.05) is 5.16 Å². The van der Waals surface area contributed by atoms with Crippen LogP contribution >= 0.6 is 0 Å². The number of hydrogen-bond donors (Lipinski definition) is 1. The molecule has 0 atom stereocenters. The van der Waals surface area contributed by atoms with Crippen LogP contribution in [0.5, 0.6) is 0 Å². The Morgan fingerprint density at radius 1 is 1.24 bits per heavy atom. The lowest BCUT2D eigenvalue weighted by molar-refractivity contribution is 0.372. The van der Waals surface area contributed by atoms with Crippen molar-refractivity contribution in [2.24, 2.45) is 0 Å². The summed E-state index contributed by atoms with van der Waals surface area (Å²) in [4.78, 5) is 6.34. The van der Waals surface area contributed by atoms with E-state index in [4.69, 9.17) is 4.52 Å². The van der Waals surface area contributed by atoms with E-state index >= 15 is 0 Å². The van der Waals surface area contributed by atoms with Gasteiger partial charge in [-0.25, -0.2) is 0 Å². The maximum absolute atomic E-state index is 5.10. The van der Waals surface area contributed by atoms with E-state index in [0.717, 1.165) is 11.3 Å². The quantitative estimate of drug-likeness (QED) is 0.866. The molecule has 2 aromatic rings. The Hall–Kier alpha value is -1.88. The average molecular weight is 232 g/mol. The molecule has 0 aliphatic rings. The Balaban J connectivity index is 2.21. The van der Waals surface area contributed by atoms with E-state index in [1.165, 1.54) is 0 Å². The molecule has 0 amide bonds. The van der Waals surface area contributed by atoms with Crippen LogP contribution in [-0.4, -0.2) is 31.3 Å². The summed E-state index contributed by atoms with van der Waals surface area (Å²) in [6.07, 6.45) is 0. The minimum absolute atomic E-state index is 0.586. The number of rotatable bonds is 4. The van der Waals surface area contributed by atoms with Crippen LogP contribution in [0.25, 0.3) is 11.4 Å². The van der Waals surface area contributed by atoms with Gasteiger partial charge in [-0.2, -0.15) is 4.98 Å². The molecule has 1 heterocycles. The smallest absolute Gasteiger partial charge is 0.240 e. The van der Waals surface area contributed by atoms with Crippen molar-refractivity contribution in [2.45, 2.75) is 6.54 Å². The summed E-state index contributed by atoms with van der Waals surface area (Å²) >= 11 is 0. The first-order valence-corrected chi connectivity index (χ1v) is 5.45. The summed E-state index contributed by atoms with van der Waals surface area (Å²) in [6.45, 7) is 0.586. The van der Waals surface area contributed by atoms with E-state index in [-0.39, 0.29) is 0 Å². The molecule has 1 aromatic heterocycles. The zero-order chi connectivity index (χ0) is 12.3. The van der Waals surface area contributed by atoms with Crippen molar-refractivity contribution in [1.29, 1.82) is 0 Å². The normalized spacial score (nSPS) is 10.5. The van der Waals surface area contributed by atoms with Gasteiger partial charge in [-0.05, 0) is 31.3 Å². The second kappa shape index (κ2) is 4.97. The van der Waals surface area contributed by atoms with Crippen LogP contribution in [0.3, 0.4) is 0 Å². The summed E-state index contributed by atoms with van der Waals surface area (Å²) in [6, 6.07) is 8.04. The van der Waals surface area contributed by atoms with E-state index in [1.807, 2.05) is 50.3 Å². The van der Waals surface area contributed by atoms with Crippen LogP contribution in [0.4, 0.5) is 5.69 Å². The van der Waals surface area contributed by atoms with Gasteiger partial charge in [-0.15, -0.1) is 0 Å². The third kappa shape index (κ3) is 2.62. The van der Waals surface area contributed by atoms with Gasteiger partial charge in [0.2, 0.25) is 11.7 Å². The van der Waals surface area contributed by atoms with Gasteiger partial charge in [0.25, 0.3) is 0 Å². The number of aromatic nitrogens is 2. The molecule has 5 heteroatoms. The predicted molar refractivity (Wildman–Crippen MR) is 66.8 cm³/mol. The van der Waals surface area contributed by atoms with Crippen molar-refractivity contribution in [2.75, 3.05) is 26.0 Å². The molecule has 5 nitrogen and oxygen atoms in total. The predicted octanol–water partition coefficient (Wildman–Crippen LogP) is 1.52. The molecular weight excluding hydrogens is 216 g/mol. The van der Waals surface area contributed by atoms with Crippen LogP contribution in [0, 0.1) is 0 Å². The lowest BCUT2D eigenvalue weighted by atomic mass is 10.2. The van der Waals surface area contributed by atoms with E-state index in [2.05, 4.69) is 15.5 Å². The largest absolute Gasteiger partial charge is 0.378 e. The van der Waals surface area contributed by atoms with Gasteiger partial charge in [0.1, 0.15) is 0 Å². The highest BCUT2D eigenvalue weighted by Gasteiger charge is 2.07. The molecular formula is C12H16N4O. The van der Waals surface area contributed by atoms with Crippen molar-refractivity contribution < 1.29 is 4.52 Å². The molecule has 17 heavy (non-hydrogen) atoms. The topological polar surface area (TPSA) is 54.2 Å². The van der Waals surface area contributed by atoms with Gasteiger partial charge in [-0.3, -0.25) is 0 Å². The molecule has 1 aromatic carbocycles. The van der Waals surface area contributed by atoms with Gasteiger partial charge < -0.3 is 14.7 Å². The van der Waals surface area contributed by atoms with Crippen molar-refractivity contribution in [3.8, 4) is 11.4 Å². The molecule has 0 bridgehead atoms. The number of nitrogens with zero attached hydrogens (tertiary/aromatic N) is 3. The Labute approximate surface area is 100 Å². The zero-order valence-corrected chi connectivity index (χ0v) is 10.3. The molecule has 1 N–H and O–H groups in total. The number of benzene rings is 1. The van der Waals surface area contributed by atoms with E-state index in [1.54, 1.807) is 0 Å². The van der Waals surface area contributed by atoms with Gasteiger partial charge in [0.15, 0.2) is 0 Å². The summed E-state index contributed by atoms with van der Waals surface area (Å²) < 4.78 is 5.10. The molecule has 0 radical (unpaired) electrons. The van der Waals surface area contributed by atoms with Crippen LogP contribution in [0.2, 0.25) is 0 Å². The van der Waals surface area contributed by atoms with Gasteiger partial charge in [0.05, 0.1) is 6.54 Å². The Bertz CT molecular complexity index is 476. The second-order valence-electron chi connectivity index (χ2n) is 3.98. The van der Waals surface area contributed by atoms with Crippen molar-refractivity contribution in [1.82, 2.24) is 15.5 Å². The third-order valence-electron chi connectivity index (χ3n) is 2.44. The van der Waals surface area contributed by atoms with Gasteiger partial charge >= 0.3 is 0 Å². The molecule has 2 rings (SSSR count). The zero-order valence-electron chi connectivity index (χ0n) is 10.3. The standard InChI is InChI=1S/C12H16N4O/c1-13-8-11-14-12(15-17-11)9-4-6-10(7-5-9)16(2)3/h4-7,13H,8H2,1-3H3. The van der Waals surface area contributed by atoms with Crippen molar-refractivity contribution in [3.63, 3.8) is 0 Å². The SMILES string of the molecule is CNCc1nc(-c2ccc(N(C)C)cc2)no1. The minimum atomic E-state index is 0.586. The maximum atomic E-state index is 5.10. The van der Waals surface area contributed by atoms with Crippen molar-refractivity contribution in [3.05, 3.63) is 30.2 Å². The number of nitrogens with one attached hydrogen (secondary N) is 1. The molecule has 0 aliphatic carbocycles. The first-order chi connectivity index (χ1) is 8.20. The molecule has 90 valence electrons. The molecule has 0 unspecified atom stereocenters. The fourth-order valence-corrected chi connectivity index (χ4v) is 1.50. The van der Waals surface area contributed by atoms with Crippen LogP contribution in [0.15, 0.2) is 28.8 Å².